The summed E-state index contributed by atoms with van der Waals surface area (Å²) in [4.78, 5) is 13.6. The molecular weight excluding hydrogens is 246 g/mol. The van der Waals surface area contributed by atoms with E-state index in [9.17, 15) is 4.79 Å². The largest absolute Gasteiger partial charge is 0.316 e. The van der Waals surface area contributed by atoms with Crippen LogP contribution in [0.4, 0.5) is 0 Å². The van der Waals surface area contributed by atoms with Crippen LogP contribution in [0.25, 0.3) is 5.57 Å². The topological polar surface area (TPSA) is 20.3 Å². The number of halogens is 1. The lowest BCUT2D eigenvalue weighted by Crippen LogP contribution is -2.34. The van der Waals surface area contributed by atoms with Gasteiger partial charge in [-0.3, -0.25) is 4.79 Å². The fourth-order valence-electron chi connectivity index (χ4n) is 3.12. The van der Waals surface area contributed by atoms with Crippen molar-refractivity contribution in [2.24, 2.45) is 0 Å². The summed E-state index contributed by atoms with van der Waals surface area (Å²) in [6.07, 6.45) is 3.99. The molecule has 94 valence electrons. The highest BCUT2D eigenvalue weighted by Gasteiger charge is 2.28. The van der Waals surface area contributed by atoms with Gasteiger partial charge in [-0.15, -0.1) is 0 Å². The van der Waals surface area contributed by atoms with E-state index in [1.807, 2.05) is 17.0 Å². The van der Waals surface area contributed by atoms with Crippen molar-refractivity contribution in [2.75, 3.05) is 6.54 Å². The van der Waals surface area contributed by atoms with E-state index in [-0.39, 0.29) is 5.91 Å². The molecule has 3 rings (SSSR count). The zero-order valence-electron chi connectivity index (χ0n) is 10.5. The Kier molecular flexibility index (Phi) is 2.90. The van der Waals surface area contributed by atoms with Gasteiger partial charge in [-0.25, -0.2) is 0 Å². The Bertz CT molecular complexity index is 547. The number of nitrogens with zero attached hydrogens (tertiary/aromatic N) is 1. The fraction of sp³-hybridized carbons (Fsp3) is 0.400. The predicted molar refractivity (Wildman–Crippen MR) is 73.3 cm³/mol. The van der Waals surface area contributed by atoms with Gasteiger partial charge in [-0.05, 0) is 48.4 Å². The van der Waals surface area contributed by atoms with E-state index in [4.69, 9.17) is 11.6 Å². The van der Waals surface area contributed by atoms with Crippen molar-refractivity contribution in [1.82, 2.24) is 4.90 Å². The normalized spacial score (nSPS) is 18.4. The molecular formula is C15H16ClNO. The summed E-state index contributed by atoms with van der Waals surface area (Å²) >= 11 is 6.27. The standard InChI is InChI=1S/C15H16ClNO/c1-10(18)17-9-3-5-13-11-4-2-6-14(16)12(11)7-8-15(13)17/h2,4,6H,3,5,7-9H2,1H3. The molecule has 1 aliphatic heterocycles. The van der Waals surface area contributed by atoms with Crippen LogP contribution >= 0.6 is 11.6 Å². The van der Waals surface area contributed by atoms with E-state index in [0.29, 0.717) is 0 Å². The Balaban J connectivity index is 2.14. The van der Waals surface area contributed by atoms with E-state index in [0.717, 1.165) is 37.3 Å². The molecule has 0 atom stereocenters. The molecule has 0 bridgehead atoms. The maximum atomic E-state index is 11.7. The zero-order chi connectivity index (χ0) is 12.7. The Labute approximate surface area is 112 Å². The monoisotopic (exact) mass is 261 g/mol. The van der Waals surface area contributed by atoms with Crippen molar-refractivity contribution in [2.45, 2.75) is 32.6 Å². The molecule has 1 heterocycles. The molecule has 0 N–H and O–H groups in total. The van der Waals surface area contributed by atoms with Crippen LogP contribution in [-0.2, 0) is 11.2 Å². The van der Waals surface area contributed by atoms with Crippen LogP contribution in [0, 0.1) is 0 Å². The second-order valence-electron chi connectivity index (χ2n) is 4.97. The molecule has 0 saturated carbocycles. The number of rotatable bonds is 0. The molecule has 18 heavy (non-hydrogen) atoms. The van der Waals surface area contributed by atoms with Gasteiger partial charge in [0, 0.05) is 24.2 Å². The first-order valence-electron chi connectivity index (χ1n) is 6.46. The minimum absolute atomic E-state index is 0.160. The summed E-state index contributed by atoms with van der Waals surface area (Å²) in [5.41, 5.74) is 5.07. The molecule has 2 nitrogen and oxygen atoms in total. The molecule has 0 unspecified atom stereocenters. The average molecular weight is 262 g/mol. The van der Waals surface area contributed by atoms with Gasteiger partial charge in [-0.2, -0.15) is 0 Å². The predicted octanol–water partition coefficient (Wildman–Crippen LogP) is 3.64. The number of amides is 1. The molecule has 0 saturated heterocycles. The van der Waals surface area contributed by atoms with E-state index >= 15 is 0 Å². The van der Waals surface area contributed by atoms with Crippen molar-refractivity contribution < 1.29 is 4.79 Å². The molecule has 0 aromatic heterocycles. The van der Waals surface area contributed by atoms with Gasteiger partial charge in [0.1, 0.15) is 0 Å². The van der Waals surface area contributed by atoms with Crippen LogP contribution in [0.2, 0.25) is 5.02 Å². The van der Waals surface area contributed by atoms with Crippen LogP contribution in [0.5, 0.6) is 0 Å². The summed E-state index contributed by atoms with van der Waals surface area (Å²) in [6, 6.07) is 6.10. The van der Waals surface area contributed by atoms with Crippen molar-refractivity contribution >= 4 is 23.1 Å². The van der Waals surface area contributed by atoms with E-state index < -0.39 is 0 Å². The van der Waals surface area contributed by atoms with Crippen LogP contribution in [0.1, 0.15) is 37.3 Å². The smallest absolute Gasteiger partial charge is 0.223 e. The second kappa shape index (κ2) is 4.43. The van der Waals surface area contributed by atoms with E-state index in [2.05, 4.69) is 6.07 Å². The van der Waals surface area contributed by atoms with Gasteiger partial charge in [0.05, 0.1) is 0 Å². The molecule has 2 aliphatic rings. The van der Waals surface area contributed by atoms with Crippen LogP contribution in [0.15, 0.2) is 23.9 Å². The molecule has 1 aromatic carbocycles. The molecule has 0 spiro atoms. The molecule has 1 aliphatic carbocycles. The van der Waals surface area contributed by atoms with Crippen LogP contribution < -0.4 is 0 Å². The second-order valence-corrected chi connectivity index (χ2v) is 5.37. The Morgan fingerprint density at radius 3 is 2.89 bits per heavy atom. The van der Waals surface area contributed by atoms with Crippen molar-refractivity contribution in [3.05, 3.63) is 40.0 Å². The third kappa shape index (κ3) is 1.76. The summed E-state index contributed by atoms with van der Waals surface area (Å²) in [5.74, 6) is 0.160. The number of carbonyl (C=O) groups excluding carboxylic acids is 1. The number of hydrogen-bond donors (Lipinski definition) is 0. The SMILES string of the molecule is CC(=O)N1CCCC2=C1CCc1c(Cl)cccc12. The first kappa shape index (κ1) is 11.8. The number of fused-ring (bicyclic) bond motifs is 2. The lowest BCUT2D eigenvalue weighted by Gasteiger charge is -2.35. The lowest BCUT2D eigenvalue weighted by molar-refractivity contribution is -0.127. The first-order valence-corrected chi connectivity index (χ1v) is 6.84. The van der Waals surface area contributed by atoms with Crippen molar-refractivity contribution in [3.63, 3.8) is 0 Å². The minimum Gasteiger partial charge on any atom is -0.316 e. The highest BCUT2D eigenvalue weighted by atomic mass is 35.5. The molecule has 0 fully saturated rings. The molecule has 1 amide bonds. The number of benzene rings is 1. The minimum atomic E-state index is 0.160. The van der Waals surface area contributed by atoms with Gasteiger partial charge in [0.15, 0.2) is 0 Å². The van der Waals surface area contributed by atoms with E-state index in [1.165, 1.54) is 22.4 Å². The molecule has 1 aromatic rings. The average Bonchev–Trinajstić information content (AvgIpc) is 2.38. The van der Waals surface area contributed by atoms with E-state index in [1.54, 1.807) is 6.92 Å². The fourth-order valence-corrected chi connectivity index (χ4v) is 3.39. The molecule has 3 heteroatoms. The molecule has 0 radical (unpaired) electrons. The highest BCUT2D eigenvalue weighted by molar-refractivity contribution is 6.31. The highest BCUT2D eigenvalue weighted by Crippen LogP contribution is 2.40. The van der Waals surface area contributed by atoms with Crippen molar-refractivity contribution in [3.8, 4) is 0 Å². The Morgan fingerprint density at radius 1 is 1.28 bits per heavy atom. The van der Waals surface area contributed by atoms with Crippen LogP contribution in [-0.4, -0.2) is 17.4 Å². The van der Waals surface area contributed by atoms with Gasteiger partial charge in [-0.1, -0.05) is 23.7 Å². The van der Waals surface area contributed by atoms with Gasteiger partial charge < -0.3 is 4.90 Å². The maximum absolute atomic E-state index is 11.7. The lowest BCUT2D eigenvalue weighted by atomic mass is 9.84. The maximum Gasteiger partial charge on any atom is 0.223 e. The quantitative estimate of drug-likeness (QED) is 0.698. The van der Waals surface area contributed by atoms with Gasteiger partial charge >= 0.3 is 0 Å². The van der Waals surface area contributed by atoms with Gasteiger partial charge in [0.2, 0.25) is 5.91 Å². The van der Waals surface area contributed by atoms with Crippen molar-refractivity contribution in [1.29, 1.82) is 0 Å². The summed E-state index contributed by atoms with van der Waals surface area (Å²) in [7, 11) is 0. The Hall–Kier alpha value is -1.28. The number of allylic oxidation sites excluding steroid dienone is 2. The third-order valence-electron chi connectivity index (χ3n) is 3.92. The first-order chi connectivity index (χ1) is 8.68. The summed E-state index contributed by atoms with van der Waals surface area (Å²) in [6.45, 7) is 2.52. The summed E-state index contributed by atoms with van der Waals surface area (Å²) < 4.78 is 0. The zero-order valence-corrected chi connectivity index (χ0v) is 11.3. The summed E-state index contributed by atoms with van der Waals surface area (Å²) in [5, 5.41) is 0.860. The van der Waals surface area contributed by atoms with Crippen LogP contribution in [0.3, 0.4) is 0 Å². The third-order valence-corrected chi connectivity index (χ3v) is 4.27. The number of carbonyl (C=O) groups is 1. The Morgan fingerprint density at radius 2 is 2.11 bits per heavy atom. The number of hydrogen-bond acceptors (Lipinski definition) is 1. The van der Waals surface area contributed by atoms with Gasteiger partial charge in [0.25, 0.3) is 0 Å².